The topological polar surface area (TPSA) is 57.7 Å². The zero-order chi connectivity index (χ0) is 20.1. The average molecular weight is 395 g/mol. The number of aromatic nitrogens is 1. The summed E-state index contributed by atoms with van der Waals surface area (Å²) in [7, 11) is 0. The summed E-state index contributed by atoms with van der Waals surface area (Å²) in [6.07, 6.45) is 3.71. The molecule has 2 fully saturated rings. The second kappa shape index (κ2) is 8.93. The predicted molar refractivity (Wildman–Crippen MR) is 114 cm³/mol. The number of nitrogens with zero attached hydrogens (tertiary/aromatic N) is 3. The maximum Gasteiger partial charge on any atom is 0.323 e. The second-order valence-electron chi connectivity index (χ2n) is 8.17. The lowest BCUT2D eigenvalue weighted by atomic mass is 9.80. The SMILES string of the molecule is CC1CN(CCc2ccccc2)CCC12CN(C(=O)Nc1ccccn1)CCO2. The first-order valence-corrected chi connectivity index (χ1v) is 10.5. The lowest BCUT2D eigenvalue weighted by Gasteiger charge is -2.51. The molecule has 2 unspecified atom stereocenters. The Morgan fingerprint density at radius 2 is 2.03 bits per heavy atom. The van der Waals surface area contributed by atoms with Crippen LogP contribution in [0.4, 0.5) is 10.6 Å². The summed E-state index contributed by atoms with van der Waals surface area (Å²) >= 11 is 0. The number of likely N-dealkylation sites (tertiary alicyclic amines) is 1. The smallest absolute Gasteiger partial charge is 0.323 e. The number of amides is 2. The molecule has 2 aromatic rings. The van der Waals surface area contributed by atoms with Crippen molar-refractivity contribution in [2.24, 2.45) is 5.92 Å². The molecule has 2 atom stereocenters. The quantitative estimate of drug-likeness (QED) is 0.865. The van der Waals surface area contributed by atoms with Crippen LogP contribution in [-0.2, 0) is 11.2 Å². The Morgan fingerprint density at radius 3 is 2.79 bits per heavy atom. The van der Waals surface area contributed by atoms with Crippen molar-refractivity contribution in [1.82, 2.24) is 14.8 Å². The van der Waals surface area contributed by atoms with E-state index < -0.39 is 0 Å². The Balaban J connectivity index is 1.33. The van der Waals surface area contributed by atoms with Gasteiger partial charge in [0.1, 0.15) is 5.82 Å². The number of nitrogens with one attached hydrogen (secondary N) is 1. The largest absolute Gasteiger partial charge is 0.371 e. The molecule has 6 heteroatoms. The van der Waals surface area contributed by atoms with Gasteiger partial charge < -0.3 is 14.5 Å². The van der Waals surface area contributed by atoms with Crippen LogP contribution in [0.15, 0.2) is 54.7 Å². The molecule has 2 aliphatic rings. The third kappa shape index (κ3) is 4.77. The third-order valence-electron chi connectivity index (χ3n) is 6.24. The van der Waals surface area contributed by atoms with Crippen molar-refractivity contribution in [3.63, 3.8) is 0 Å². The molecule has 1 aromatic carbocycles. The maximum absolute atomic E-state index is 12.7. The number of morpholine rings is 1. The van der Waals surface area contributed by atoms with Gasteiger partial charge in [0, 0.05) is 32.4 Å². The van der Waals surface area contributed by atoms with E-state index in [0.717, 1.165) is 32.5 Å². The molecule has 2 aliphatic heterocycles. The average Bonchev–Trinajstić information content (AvgIpc) is 2.76. The van der Waals surface area contributed by atoms with Crippen LogP contribution in [0.5, 0.6) is 0 Å². The van der Waals surface area contributed by atoms with Crippen molar-refractivity contribution in [2.75, 3.05) is 44.6 Å². The molecule has 29 heavy (non-hydrogen) atoms. The molecule has 154 valence electrons. The summed E-state index contributed by atoms with van der Waals surface area (Å²) in [6.45, 7) is 7.17. The number of anilines is 1. The van der Waals surface area contributed by atoms with Crippen LogP contribution >= 0.6 is 0 Å². The fourth-order valence-electron chi connectivity index (χ4n) is 4.43. The molecule has 0 saturated carbocycles. The number of rotatable bonds is 4. The molecule has 2 amide bonds. The second-order valence-corrected chi connectivity index (χ2v) is 8.17. The van der Waals surface area contributed by atoms with E-state index in [0.29, 0.717) is 31.4 Å². The van der Waals surface area contributed by atoms with Crippen molar-refractivity contribution in [3.05, 3.63) is 60.3 Å². The van der Waals surface area contributed by atoms with E-state index in [1.165, 1.54) is 5.56 Å². The van der Waals surface area contributed by atoms with Gasteiger partial charge in [0.2, 0.25) is 0 Å². The third-order valence-corrected chi connectivity index (χ3v) is 6.24. The summed E-state index contributed by atoms with van der Waals surface area (Å²) in [4.78, 5) is 21.3. The van der Waals surface area contributed by atoms with Gasteiger partial charge in [-0.3, -0.25) is 5.32 Å². The maximum atomic E-state index is 12.7. The number of pyridine rings is 1. The number of urea groups is 1. The van der Waals surface area contributed by atoms with Gasteiger partial charge in [-0.25, -0.2) is 9.78 Å². The standard InChI is InChI=1S/C23H30N4O2/c1-19-17-26(13-10-20-7-3-2-4-8-20)14-11-23(19)18-27(15-16-29-23)22(28)25-21-9-5-6-12-24-21/h2-9,12,19H,10-11,13-18H2,1H3,(H,24,25,28). The van der Waals surface area contributed by atoms with Crippen molar-refractivity contribution >= 4 is 11.8 Å². The number of benzene rings is 1. The van der Waals surface area contributed by atoms with E-state index in [1.807, 2.05) is 23.1 Å². The molecule has 0 aliphatic carbocycles. The first kappa shape index (κ1) is 19.9. The lowest BCUT2D eigenvalue weighted by Crippen LogP contribution is -2.62. The molecule has 0 radical (unpaired) electrons. The Labute approximate surface area is 172 Å². The van der Waals surface area contributed by atoms with Gasteiger partial charge >= 0.3 is 6.03 Å². The Morgan fingerprint density at radius 1 is 1.21 bits per heavy atom. The van der Waals surface area contributed by atoms with Gasteiger partial charge in [0.15, 0.2) is 0 Å². The van der Waals surface area contributed by atoms with Crippen LogP contribution in [0.3, 0.4) is 0 Å². The highest BCUT2D eigenvalue weighted by molar-refractivity contribution is 5.88. The molecule has 0 bridgehead atoms. The van der Waals surface area contributed by atoms with E-state index >= 15 is 0 Å². The zero-order valence-electron chi connectivity index (χ0n) is 17.1. The van der Waals surface area contributed by atoms with Gasteiger partial charge in [0.05, 0.1) is 18.8 Å². The van der Waals surface area contributed by atoms with Gasteiger partial charge in [-0.2, -0.15) is 0 Å². The Kier molecular flexibility index (Phi) is 6.11. The fraction of sp³-hybridized carbons (Fsp3) is 0.478. The minimum atomic E-state index is -0.247. The highest BCUT2D eigenvalue weighted by atomic mass is 16.5. The molecule has 6 nitrogen and oxygen atoms in total. The molecule has 1 spiro atoms. The molecule has 1 aromatic heterocycles. The van der Waals surface area contributed by atoms with Crippen LogP contribution in [0.1, 0.15) is 18.9 Å². The number of ether oxygens (including phenoxy) is 1. The van der Waals surface area contributed by atoms with Crippen LogP contribution in [0.25, 0.3) is 0 Å². The molecule has 3 heterocycles. The van der Waals surface area contributed by atoms with Crippen LogP contribution in [-0.4, -0.2) is 65.7 Å². The van der Waals surface area contributed by atoms with Crippen LogP contribution < -0.4 is 5.32 Å². The minimum absolute atomic E-state index is 0.0925. The van der Waals surface area contributed by atoms with Crippen LogP contribution in [0, 0.1) is 5.92 Å². The number of piperidine rings is 1. The molecule has 4 rings (SSSR count). The van der Waals surface area contributed by atoms with Gasteiger partial charge in [0.25, 0.3) is 0 Å². The van der Waals surface area contributed by atoms with Crippen molar-refractivity contribution in [1.29, 1.82) is 0 Å². The van der Waals surface area contributed by atoms with E-state index in [2.05, 4.69) is 52.5 Å². The van der Waals surface area contributed by atoms with E-state index in [1.54, 1.807) is 6.20 Å². The van der Waals surface area contributed by atoms with Crippen molar-refractivity contribution < 1.29 is 9.53 Å². The summed E-state index contributed by atoms with van der Waals surface area (Å²) in [6, 6.07) is 16.1. The van der Waals surface area contributed by atoms with E-state index in [9.17, 15) is 4.79 Å². The van der Waals surface area contributed by atoms with Crippen LogP contribution in [0.2, 0.25) is 0 Å². The summed E-state index contributed by atoms with van der Waals surface area (Å²) in [5, 5.41) is 2.91. The van der Waals surface area contributed by atoms with Gasteiger partial charge in [-0.1, -0.05) is 43.3 Å². The lowest BCUT2D eigenvalue weighted by molar-refractivity contribution is -0.153. The van der Waals surface area contributed by atoms with E-state index in [-0.39, 0.29) is 11.6 Å². The van der Waals surface area contributed by atoms with Gasteiger partial charge in [-0.15, -0.1) is 0 Å². The number of carbonyl (C=O) groups excluding carboxylic acids is 1. The molecular formula is C23H30N4O2. The first-order chi connectivity index (χ1) is 14.1. The predicted octanol–water partition coefficient (Wildman–Crippen LogP) is 3.27. The minimum Gasteiger partial charge on any atom is -0.371 e. The fourth-order valence-corrected chi connectivity index (χ4v) is 4.43. The van der Waals surface area contributed by atoms with Crippen molar-refractivity contribution in [2.45, 2.75) is 25.4 Å². The zero-order valence-corrected chi connectivity index (χ0v) is 17.1. The highest BCUT2D eigenvalue weighted by Gasteiger charge is 2.45. The number of carbonyl (C=O) groups is 1. The normalized spacial score (nSPS) is 25.1. The summed E-state index contributed by atoms with van der Waals surface area (Å²) < 4.78 is 6.30. The Hall–Kier alpha value is -2.44. The monoisotopic (exact) mass is 394 g/mol. The van der Waals surface area contributed by atoms with Crippen molar-refractivity contribution in [3.8, 4) is 0 Å². The van der Waals surface area contributed by atoms with E-state index in [4.69, 9.17) is 4.74 Å². The molecule has 1 N–H and O–H groups in total. The number of hydrogen-bond donors (Lipinski definition) is 1. The first-order valence-electron chi connectivity index (χ1n) is 10.5. The van der Waals surface area contributed by atoms with Gasteiger partial charge in [-0.05, 0) is 36.5 Å². The highest BCUT2D eigenvalue weighted by Crippen LogP contribution is 2.35. The number of hydrogen-bond acceptors (Lipinski definition) is 4. The summed E-state index contributed by atoms with van der Waals surface area (Å²) in [5.41, 5.74) is 1.13. The molecule has 2 saturated heterocycles. The Bertz CT molecular complexity index is 801. The molecular weight excluding hydrogens is 364 g/mol. The summed E-state index contributed by atoms with van der Waals surface area (Å²) in [5.74, 6) is 0.958.